The summed E-state index contributed by atoms with van der Waals surface area (Å²) in [6, 6.07) is 5.23. The zero-order valence-electron chi connectivity index (χ0n) is 7.09. The van der Waals surface area contributed by atoms with Crippen molar-refractivity contribution < 1.29 is 8.81 Å². The Morgan fingerprint density at radius 2 is 2.14 bits per heavy atom. The fourth-order valence-electron chi connectivity index (χ4n) is 1.31. The fourth-order valence-corrected chi connectivity index (χ4v) is 1.53. The van der Waals surface area contributed by atoms with Gasteiger partial charge in [0.25, 0.3) is 0 Å². The van der Waals surface area contributed by atoms with E-state index in [1.807, 2.05) is 0 Å². The van der Waals surface area contributed by atoms with Gasteiger partial charge in [0, 0.05) is 17.3 Å². The van der Waals surface area contributed by atoms with Crippen LogP contribution in [0.4, 0.5) is 4.39 Å². The molecule has 0 aliphatic carbocycles. The van der Waals surface area contributed by atoms with Crippen molar-refractivity contribution >= 4 is 22.6 Å². The van der Waals surface area contributed by atoms with Crippen molar-refractivity contribution in [2.24, 2.45) is 0 Å². The topological polar surface area (TPSA) is 30.2 Å². The average molecular weight is 213 g/mol. The zero-order valence-corrected chi connectivity index (χ0v) is 7.84. The summed E-state index contributed by atoms with van der Waals surface area (Å²) in [7, 11) is 0. The SMILES string of the molecule is O=c1cc(CCl)c2cc(F)ccc2o1. The third kappa shape index (κ3) is 1.51. The molecule has 0 radical (unpaired) electrons. The van der Waals surface area contributed by atoms with Crippen LogP contribution in [0.1, 0.15) is 5.56 Å². The summed E-state index contributed by atoms with van der Waals surface area (Å²) in [4.78, 5) is 11.0. The number of fused-ring (bicyclic) bond motifs is 1. The van der Waals surface area contributed by atoms with Gasteiger partial charge in [-0.2, -0.15) is 0 Å². The Kier molecular flexibility index (Phi) is 2.25. The van der Waals surface area contributed by atoms with Crippen molar-refractivity contribution in [3.63, 3.8) is 0 Å². The summed E-state index contributed by atoms with van der Waals surface area (Å²) >= 11 is 5.63. The molecule has 2 nitrogen and oxygen atoms in total. The highest BCUT2D eigenvalue weighted by molar-refractivity contribution is 6.17. The van der Waals surface area contributed by atoms with Crippen LogP contribution in [0.2, 0.25) is 0 Å². The Bertz CT molecular complexity index is 533. The largest absolute Gasteiger partial charge is 0.423 e. The van der Waals surface area contributed by atoms with Gasteiger partial charge >= 0.3 is 5.63 Å². The van der Waals surface area contributed by atoms with E-state index in [9.17, 15) is 9.18 Å². The van der Waals surface area contributed by atoms with Crippen LogP contribution in [0.15, 0.2) is 33.5 Å². The smallest absolute Gasteiger partial charge is 0.336 e. The first kappa shape index (κ1) is 9.21. The summed E-state index contributed by atoms with van der Waals surface area (Å²) in [5.74, 6) is -0.219. The van der Waals surface area contributed by atoms with Crippen molar-refractivity contribution in [1.29, 1.82) is 0 Å². The van der Waals surface area contributed by atoms with E-state index in [1.165, 1.54) is 24.3 Å². The van der Waals surface area contributed by atoms with Gasteiger partial charge in [-0.1, -0.05) is 0 Å². The van der Waals surface area contributed by atoms with Crippen molar-refractivity contribution in [3.8, 4) is 0 Å². The number of halogens is 2. The van der Waals surface area contributed by atoms with Gasteiger partial charge < -0.3 is 4.42 Å². The zero-order chi connectivity index (χ0) is 10.1. The average Bonchev–Trinajstić information content (AvgIpc) is 2.17. The second-order valence-electron chi connectivity index (χ2n) is 2.86. The standard InChI is InChI=1S/C10H6ClFO2/c11-5-6-3-10(13)14-9-2-1-7(12)4-8(6)9/h1-4H,5H2. The molecular weight excluding hydrogens is 207 g/mol. The monoisotopic (exact) mass is 212 g/mol. The summed E-state index contributed by atoms with van der Waals surface area (Å²) in [5.41, 5.74) is 0.465. The maximum Gasteiger partial charge on any atom is 0.336 e. The van der Waals surface area contributed by atoms with Crippen LogP contribution in [0.3, 0.4) is 0 Å². The maximum atomic E-state index is 12.9. The second-order valence-corrected chi connectivity index (χ2v) is 3.13. The van der Waals surface area contributed by atoms with Crippen LogP contribution in [0.5, 0.6) is 0 Å². The highest BCUT2D eigenvalue weighted by Crippen LogP contribution is 2.19. The number of benzene rings is 1. The molecule has 4 heteroatoms. The molecular formula is C10H6ClFO2. The van der Waals surface area contributed by atoms with Crippen LogP contribution < -0.4 is 5.63 Å². The lowest BCUT2D eigenvalue weighted by atomic mass is 10.1. The summed E-state index contributed by atoms with van der Waals surface area (Å²) in [6.45, 7) is 0. The first-order valence-corrected chi connectivity index (χ1v) is 4.52. The highest BCUT2D eigenvalue weighted by atomic mass is 35.5. The molecule has 0 amide bonds. The first-order valence-electron chi connectivity index (χ1n) is 3.99. The molecule has 1 heterocycles. The van der Waals surface area contributed by atoms with Crippen molar-refractivity contribution in [2.75, 3.05) is 0 Å². The van der Waals surface area contributed by atoms with E-state index < -0.39 is 5.63 Å². The normalized spacial score (nSPS) is 10.7. The van der Waals surface area contributed by atoms with E-state index >= 15 is 0 Å². The number of hydrogen-bond donors (Lipinski definition) is 0. The lowest BCUT2D eigenvalue weighted by molar-refractivity contribution is 0.557. The predicted octanol–water partition coefficient (Wildman–Crippen LogP) is 2.67. The van der Waals surface area contributed by atoms with Crippen LogP contribution in [0, 0.1) is 5.82 Å². The van der Waals surface area contributed by atoms with Gasteiger partial charge in [0.05, 0.1) is 0 Å². The van der Waals surface area contributed by atoms with Crippen molar-refractivity contribution in [1.82, 2.24) is 0 Å². The van der Waals surface area contributed by atoms with Crippen LogP contribution in [-0.4, -0.2) is 0 Å². The molecule has 0 saturated heterocycles. The molecule has 0 atom stereocenters. The molecule has 2 rings (SSSR count). The number of rotatable bonds is 1. The summed E-state index contributed by atoms with van der Waals surface area (Å²) in [6.07, 6.45) is 0. The first-order chi connectivity index (χ1) is 6.70. The Morgan fingerprint density at radius 1 is 1.36 bits per heavy atom. The molecule has 0 saturated carbocycles. The van der Waals surface area contributed by atoms with Gasteiger partial charge in [-0.15, -0.1) is 11.6 Å². The minimum absolute atomic E-state index is 0.158. The van der Waals surface area contributed by atoms with E-state index in [1.54, 1.807) is 0 Å². The molecule has 1 aromatic heterocycles. The number of alkyl halides is 1. The molecule has 72 valence electrons. The van der Waals surface area contributed by atoms with Crippen molar-refractivity contribution in [3.05, 3.63) is 46.1 Å². The molecule has 1 aromatic carbocycles. The van der Waals surface area contributed by atoms with Crippen molar-refractivity contribution in [2.45, 2.75) is 5.88 Å². The van der Waals surface area contributed by atoms with Gasteiger partial charge in [0.15, 0.2) is 0 Å². The molecule has 0 aliphatic rings. The highest BCUT2D eigenvalue weighted by Gasteiger charge is 2.05. The van der Waals surface area contributed by atoms with Gasteiger partial charge in [-0.3, -0.25) is 0 Å². The quantitative estimate of drug-likeness (QED) is 0.537. The van der Waals surface area contributed by atoms with E-state index in [2.05, 4.69) is 0 Å². The van der Waals surface area contributed by atoms with Crippen LogP contribution >= 0.6 is 11.6 Å². The third-order valence-corrected chi connectivity index (χ3v) is 2.22. The molecule has 0 unspecified atom stereocenters. The second kappa shape index (κ2) is 3.42. The fraction of sp³-hybridized carbons (Fsp3) is 0.100. The third-order valence-electron chi connectivity index (χ3n) is 1.93. The van der Waals surface area contributed by atoms with E-state index in [-0.39, 0.29) is 11.7 Å². The molecule has 0 spiro atoms. The van der Waals surface area contributed by atoms with E-state index in [0.29, 0.717) is 16.5 Å². The molecule has 14 heavy (non-hydrogen) atoms. The van der Waals surface area contributed by atoms with Gasteiger partial charge in [0.1, 0.15) is 11.4 Å². The molecule has 0 bridgehead atoms. The Morgan fingerprint density at radius 3 is 2.86 bits per heavy atom. The van der Waals surface area contributed by atoms with Gasteiger partial charge in [-0.05, 0) is 23.8 Å². The van der Waals surface area contributed by atoms with Gasteiger partial charge in [-0.25, -0.2) is 9.18 Å². The predicted molar refractivity (Wildman–Crippen MR) is 52.0 cm³/mol. The van der Waals surface area contributed by atoms with Crippen LogP contribution in [-0.2, 0) is 5.88 Å². The summed E-state index contributed by atoms with van der Waals surface area (Å²) < 4.78 is 17.8. The molecule has 0 N–H and O–H groups in total. The minimum atomic E-state index is -0.472. The van der Waals surface area contributed by atoms with E-state index in [4.69, 9.17) is 16.0 Å². The minimum Gasteiger partial charge on any atom is -0.423 e. The summed E-state index contributed by atoms with van der Waals surface area (Å²) in [5, 5.41) is 0.541. The maximum absolute atomic E-state index is 12.9. The molecule has 0 fully saturated rings. The molecule has 0 aliphatic heterocycles. The molecule has 2 aromatic rings. The lowest BCUT2D eigenvalue weighted by Crippen LogP contribution is -1.99. The van der Waals surface area contributed by atoms with Crippen LogP contribution in [0.25, 0.3) is 11.0 Å². The Balaban J connectivity index is 2.88. The number of hydrogen-bond acceptors (Lipinski definition) is 2. The Labute approximate surface area is 83.9 Å². The lowest BCUT2D eigenvalue weighted by Gasteiger charge is -2.00. The van der Waals surface area contributed by atoms with E-state index in [0.717, 1.165) is 0 Å². The Hall–Kier alpha value is -1.35. The van der Waals surface area contributed by atoms with Gasteiger partial charge in [0.2, 0.25) is 0 Å².